The van der Waals surface area contributed by atoms with E-state index in [0.717, 1.165) is 63.3 Å². The van der Waals surface area contributed by atoms with Crippen LogP contribution in [0.4, 0.5) is 5.69 Å². The summed E-state index contributed by atoms with van der Waals surface area (Å²) >= 11 is 6.16. The van der Waals surface area contributed by atoms with Crippen molar-refractivity contribution < 1.29 is 4.74 Å². The van der Waals surface area contributed by atoms with Gasteiger partial charge in [-0.15, -0.1) is 0 Å². The Labute approximate surface area is 149 Å². The number of anilines is 1. The van der Waals surface area contributed by atoms with Gasteiger partial charge in [-0.05, 0) is 39.3 Å². The predicted octanol–water partition coefficient (Wildman–Crippen LogP) is 2.80. The van der Waals surface area contributed by atoms with Gasteiger partial charge in [0.2, 0.25) is 0 Å². The Morgan fingerprint density at radius 1 is 1.29 bits per heavy atom. The number of pyridine rings is 1. The lowest BCUT2D eigenvalue weighted by molar-refractivity contribution is -0.158. The van der Waals surface area contributed by atoms with Crippen LogP contribution in [-0.2, 0) is 4.74 Å². The maximum absolute atomic E-state index is 6.16. The standard InChI is InChI=1S/C19H24ClN3O/c1-22-8-4-15(14-22)2-3-16-13-21-18(20)12-17(16)23-9-5-19(6-10-23)7-11-24-19/h12-13,15H,4-11,14H2,1H3. The predicted molar refractivity (Wildman–Crippen MR) is 96.5 cm³/mol. The van der Waals surface area contributed by atoms with Crippen LogP contribution in [0.25, 0.3) is 0 Å². The fourth-order valence-electron chi connectivity index (χ4n) is 3.95. The molecule has 1 aromatic heterocycles. The van der Waals surface area contributed by atoms with Crippen LogP contribution >= 0.6 is 11.6 Å². The molecule has 3 fully saturated rings. The second-order valence-corrected chi connectivity index (χ2v) is 7.70. The van der Waals surface area contributed by atoms with Crippen molar-refractivity contribution in [1.82, 2.24) is 9.88 Å². The van der Waals surface area contributed by atoms with Crippen molar-refractivity contribution in [2.24, 2.45) is 5.92 Å². The molecule has 3 aliphatic rings. The molecule has 5 heteroatoms. The number of nitrogens with zero attached hydrogens (tertiary/aromatic N) is 3. The van der Waals surface area contributed by atoms with E-state index in [1.807, 2.05) is 12.3 Å². The van der Waals surface area contributed by atoms with Gasteiger partial charge < -0.3 is 14.5 Å². The minimum absolute atomic E-state index is 0.160. The first kappa shape index (κ1) is 16.2. The quantitative estimate of drug-likeness (QED) is 0.578. The van der Waals surface area contributed by atoms with Gasteiger partial charge in [0.1, 0.15) is 5.15 Å². The molecule has 1 unspecified atom stereocenters. The number of likely N-dealkylation sites (tertiary alicyclic amines) is 1. The summed E-state index contributed by atoms with van der Waals surface area (Å²) in [5, 5.41) is 0.538. The Morgan fingerprint density at radius 3 is 2.71 bits per heavy atom. The van der Waals surface area contributed by atoms with E-state index < -0.39 is 0 Å². The molecule has 0 bridgehead atoms. The molecular formula is C19H24ClN3O. The maximum atomic E-state index is 6.16. The van der Waals surface area contributed by atoms with E-state index in [2.05, 4.69) is 33.7 Å². The molecule has 24 heavy (non-hydrogen) atoms. The first-order valence-corrected chi connectivity index (χ1v) is 9.26. The normalized spacial score (nSPS) is 26.1. The number of piperidine rings is 1. The van der Waals surface area contributed by atoms with Crippen molar-refractivity contribution in [3.05, 3.63) is 23.0 Å². The van der Waals surface area contributed by atoms with Crippen LogP contribution in [-0.4, -0.2) is 55.3 Å². The van der Waals surface area contributed by atoms with Crippen molar-refractivity contribution in [1.29, 1.82) is 0 Å². The average molecular weight is 346 g/mol. The average Bonchev–Trinajstić information content (AvgIpc) is 2.98. The highest BCUT2D eigenvalue weighted by Crippen LogP contribution is 2.38. The second kappa shape index (κ2) is 6.55. The zero-order valence-electron chi connectivity index (χ0n) is 14.2. The minimum Gasteiger partial charge on any atom is -0.375 e. The van der Waals surface area contributed by atoms with E-state index in [9.17, 15) is 0 Å². The van der Waals surface area contributed by atoms with Crippen LogP contribution in [0.5, 0.6) is 0 Å². The van der Waals surface area contributed by atoms with Gasteiger partial charge in [0, 0.05) is 37.8 Å². The number of rotatable bonds is 1. The van der Waals surface area contributed by atoms with E-state index in [4.69, 9.17) is 16.3 Å². The summed E-state index contributed by atoms with van der Waals surface area (Å²) in [5.74, 6) is 7.28. The van der Waals surface area contributed by atoms with E-state index in [-0.39, 0.29) is 5.60 Å². The van der Waals surface area contributed by atoms with Gasteiger partial charge in [-0.1, -0.05) is 23.4 Å². The number of hydrogen-bond acceptors (Lipinski definition) is 4. The third kappa shape index (κ3) is 3.26. The zero-order chi connectivity index (χ0) is 16.6. The summed E-state index contributed by atoms with van der Waals surface area (Å²) in [4.78, 5) is 8.98. The molecule has 1 spiro atoms. The minimum atomic E-state index is 0.160. The van der Waals surface area contributed by atoms with Gasteiger partial charge in [-0.3, -0.25) is 0 Å². The summed E-state index contributed by atoms with van der Waals surface area (Å²) in [6.07, 6.45) is 6.37. The first-order chi connectivity index (χ1) is 11.6. The molecule has 0 saturated carbocycles. The Hall–Kier alpha value is -1.28. The van der Waals surface area contributed by atoms with Crippen molar-refractivity contribution in [2.45, 2.75) is 31.3 Å². The molecule has 0 aromatic carbocycles. The number of aromatic nitrogens is 1. The number of halogens is 1. The third-order valence-corrected chi connectivity index (χ3v) is 5.84. The van der Waals surface area contributed by atoms with Crippen molar-refractivity contribution in [3.8, 4) is 11.8 Å². The lowest BCUT2D eigenvalue weighted by Crippen LogP contribution is -2.52. The van der Waals surface area contributed by atoms with E-state index in [1.54, 1.807) is 0 Å². The molecule has 1 aromatic rings. The number of hydrogen-bond donors (Lipinski definition) is 0. The van der Waals surface area contributed by atoms with E-state index in [0.29, 0.717) is 11.1 Å². The summed E-state index contributed by atoms with van der Waals surface area (Å²) in [6.45, 7) is 5.13. The SMILES string of the molecule is CN1CCC(C#Cc2cnc(Cl)cc2N2CCC3(CCO3)CC2)C1. The Bertz CT molecular complexity index is 667. The lowest BCUT2D eigenvalue weighted by atomic mass is 9.84. The van der Waals surface area contributed by atoms with Crippen LogP contribution in [0.3, 0.4) is 0 Å². The Morgan fingerprint density at radius 2 is 2.08 bits per heavy atom. The summed E-state index contributed by atoms with van der Waals surface area (Å²) in [7, 11) is 2.16. The van der Waals surface area contributed by atoms with Gasteiger partial charge >= 0.3 is 0 Å². The van der Waals surface area contributed by atoms with Gasteiger partial charge in [-0.25, -0.2) is 4.98 Å². The highest BCUT2D eigenvalue weighted by atomic mass is 35.5. The molecule has 1 atom stereocenters. The van der Waals surface area contributed by atoms with Crippen LogP contribution in [0.15, 0.2) is 12.3 Å². The van der Waals surface area contributed by atoms with Crippen molar-refractivity contribution >= 4 is 17.3 Å². The molecule has 0 N–H and O–H groups in total. The summed E-state index contributed by atoms with van der Waals surface area (Å²) < 4.78 is 5.82. The van der Waals surface area contributed by atoms with E-state index in [1.165, 1.54) is 6.42 Å². The molecule has 0 aliphatic carbocycles. The molecule has 4 heterocycles. The van der Waals surface area contributed by atoms with E-state index >= 15 is 0 Å². The highest BCUT2D eigenvalue weighted by molar-refractivity contribution is 6.29. The molecule has 0 radical (unpaired) electrons. The Balaban J connectivity index is 1.52. The smallest absolute Gasteiger partial charge is 0.131 e. The topological polar surface area (TPSA) is 28.6 Å². The maximum Gasteiger partial charge on any atom is 0.131 e. The van der Waals surface area contributed by atoms with Gasteiger partial charge in [0.05, 0.1) is 23.5 Å². The monoisotopic (exact) mass is 345 g/mol. The Kier molecular flexibility index (Phi) is 4.42. The molecule has 128 valence electrons. The van der Waals surface area contributed by atoms with Gasteiger partial charge in [0.25, 0.3) is 0 Å². The molecule has 0 amide bonds. The largest absolute Gasteiger partial charge is 0.375 e. The highest BCUT2D eigenvalue weighted by Gasteiger charge is 2.41. The lowest BCUT2D eigenvalue weighted by Gasteiger charge is -2.48. The molecular weight excluding hydrogens is 322 g/mol. The third-order valence-electron chi connectivity index (χ3n) is 5.63. The number of ether oxygens (including phenoxy) is 1. The molecule has 3 saturated heterocycles. The van der Waals surface area contributed by atoms with Crippen LogP contribution in [0, 0.1) is 17.8 Å². The van der Waals surface area contributed by atoms with Crippen LogP contribution in [0.2, 0.25) is 5.15 Å². The summed E-state index contributed by atoms with van der Waals surface area (Å²) in [5.41, 5.74) is 2.29. The first-order valence-electron chi connectivity index (χ1n) is 8.88. The second-order valence-electron chi connectivity index (χ2n) is 7.31. The van der Waals surface area contributed by atoms with Crippen molar-refractivity contribution in [2.75, 3.05) is 44.7 Å². The molecule has 4 rings (SSSR count). The molecule has 3 aliphatic heterocycles. The fourth-order valence-corrected chi connectivity index (χ4v) is 4.10. The van der Waals surface area contributed by atoms with Gasteiger partial charge in [0.15, 0.2) is 0 Å². The van der Waals surface area contributed by atoms with Gasteiger partial charge in [-0.2, -0.15) is 0 Å². The zero-order valence-corrected chi connectivity index (χ0v) is 15.0. The fraction of sp³-hybridized carbons (Fsp3) is 0.632. The van der Waals surface area contributed by atoms with Crippen LogP contribution in [0.1, 0.15) is 31.2 Å². The van der Waals surface area contributed by atoms with Crippen molar-refractivity contribution in [3.63, 3.8) is 0 Å². The summed E-state index contributed by atoms with van der Waals surface area (Å²) in [6, 6.07) is 1.96. The molecule has 4 nitrogen and oxygen atoms in total. The van der Waals surface area contributed by atoms with Crippen LogP contribution < -0.4 is 4.90 Å².